The highest BCUT2D eigenvalue weighted by Crippen LogP contribution is 2.44. The van der Waals surface area contributed by atoms with Gasteiger partial charge in [-0.05, 0) is 98.3 Å². The molecule has 0 unspecified atom stereocenters. The van der Waals surface area contributed by atoms with E-state index in [-0.39, 0.29) is 11.7 Å². The van der Waals surface area contributed by atoms with Gasteiger partial charge >= 0.3 is 24.1 Å². The summed E-state index contributed by atoms with van der Waals surface area (Å²) in [6.45, 7) is 21.6. The van der Waals surface area contributed by atoms with Crippen molar-refractivity contribution >= 4 is 56.4 Å². The average Bonchev–Trinajstić information content (AvgIpc) is 3.24. The van der Waals surface area contributed by atoms with Gasteiger partial charge in [-0.2, -0.15) is 0 Å². The molecule has 6 aromatic carbocycles. The second-order valence-electron chi connectivity index (χ2n) is 16.6. The van der Waals surface area contributed by atoms with Crippen LogP contribution in [0.15, 0.2) is 108 Å². The number of fused-ring (bicyclic) bond motifs is 3. The van der Waals surface area contributed by atoms with Gasteiger partial charge in [0.1, 0.15) is 34.5 Å². The third kappa shape index (κ3) is 11.7. The van der Waals surface area contributed by atoms with Gasteiger partial charge < -0.3 is 28.8 Å². The van der Waals surface area contributed by atoms with Crippen LogP contribution in [0.2, 0.25) is 0 Å². The standard InChI is InChI=1S/C37H38O7.C18H20O3/c1-21(2)17-19-27-23(5)33(41-25(7)38)29-13-9-11-15-31(29)35(27)43-37(40)44-36-28(20-18-22(3)4)24(6)34(42-26(8)39)30-14-10-12-16-32(30)36;1-11(2)9-10-14-12(3)18(21-13(4)19)16-8-6-5-7-15(16)17(14)20/h9-18H,19-20H2,1-8H3;5-9,20H,10H2,1-4H3. The number of ether oxygens (including phenoxy) is 5. The smallest absolute Gasteiger partial charge is 0.507 e. The first kappa shape index (κ1) is 48.8. The fourth-order valence-electron chi connectivity index (χ4n) is 7.58. The van der Waals surface area contributed by atoms with Crippen molar-refractivity contribution in [2.45, 2.75) is 102 Å². The predicted molar refractivity (Wildman–Crippen MR) is 258 cm³/mol. The molecule has 0 bridgehead atoms. The number of hydrogen-bond donors (Lipinski definition) is 1. The van der Waals surface area contributed by atoms with E-state index in [0.717, 1.165) is 27.7 Å². The molecule has 0 spiro atoms. The molecule has 6 rings (SSSR count). The molecule has 0 atom stereocenters. The third-order valence-corrected chi connectivity index (χ3v) is 10.7. The van der Waals surface area contributed by atoms with Gasteiger partial charge in [0.25, 0.3) is 0 Å². The zero-order valence-corrected chi connectivity index (χ0v) is 39.4. The van der Waals surface area contributed by atoms with Crippen LogP contribution >= 0.6 is 0 Å². The Morgan fingerprint density at radius 2 is 0.662 bits per heavy atom. The summed E-state index contributed by atoms with van der Waals surface area (Å²) in [4.78, 5) is 49.2. The molecule has 6 aromatic rings. The number of esters is 3. The van der Waals surface area contributed by atoms with E-state index in [0.29, 0.717) is 97.2 Å². The van der Waals surface area contributed by atoms with E-state index in [1.54, 1.807) is 0 Å². The maximum Gasteiger partial charge on any atom is 0.519 e. The minimum Gasteiger partial charge on any atom is -0.507 e. The summed E-state index contributed by atoms with van der Waals surface area (Å²) in [5.74, 6) is 1.08. The topological polar surface area (TPSA) is 135 Å². The first-order valence-electron chi connectivity index (χ1n) is 21.5. The molecule has 0 aliphatic carbocycles. The van der Waals surface area contributed by atoms with E-state index in [9.17, 15) is 24.3 Å². The van der Waals surface area contributed by atoms with E-state index in [4.69, 9.17) is 23.7 Å². The van der Waals surface area contributed by atoms with E-state index >= 15 is 0 Å². The quantitative estimate of drug-likeness (QED) is 0.0580. The fraction of sp³-hybridized carbons (Fsp3) is 0.273. The molecule has 0 aliphatic heterocycles. The molecule has 0 radical (unpaired) electrons. The van der Waals surface area contributed by atoms with Crippen LogP contribution in [0.25, 0.3) is 32.3 Å². The Kier molecular flexibility index (Phi) is 16.1. The molecule has 0 amide bonds. The minimum atomic E-state index is -0.920. The number of carbonyl (C=O) groups is 4. The van der Waals surface area contributed by atoms with Crippen molar-refractivity contribution in [3.05, 3.63) is 141 Å². The largest absolute Gasteiger partial charge is 0.519 e. The summed E-state index contributed by atoms with van der Waals surface area (Å²) in [5.41, 5.74) is 7.73. The molecular formula is C55H58O10. The van der Waals surface area contributed by atoms with Gasteiger partial charge in [-0.15, -0.1) is 0 Å². The summed E-state index contributed by atoms with van der Waals surface area (Å²) < 4.78 is 28.8. The van der Waals surface area contributed by atoms with Crippen molar-refractivity contribution in [1.29, 1.82) is 0 Å². The van der Waals surface area contributed by atoms with Crippen molar-refractivity contribution in [2.24, 2.45) is 0 Å². The first-order chi connectivity index (χ1) is 30.8. The molecule has 0 saturated heterocycles. The minimum absolute atomic E-state index is 0.261. The summed E-state index contributed by atoms with van der Waals surface area (Å²) in [7, 11) is 0. The number of phenols is 1. The van der Waals surface area contributed by atoms with E-state index in [2.05, 4.69) is 0 Å². The van der Waals surface area contributed by atoms with Crippen LogP contribution in [0.4, 0.5) is 4.79 Å². The molecule has 0 saturated carbocycles. The normalized spacial score (nSPS) is 10.6. The molecule has 0 aliphatic rings. The van der Waals surface area contributed by atoms with Crippen LogP contribution < -0.4 is 23.7 Å². The Labute approximate surface area is 381 Å². The van der Waals surface area contributed by atoms with Gasteiger partial charge in [-0.25, -0.2) is 4.79 Å². The Hall–Kier alpha value is -7.20. The fourth-order valence-corrected chi connectivity index (χ4v) is 7.58. The van der Waals surface area contributed by atoms with Gasteiger partial charge in [0.15, 0.2) is 0 Å². The highest BCUT2D eigenvalue weighted by atomic mass is 16.7. The monoisotopic (exact) mass is 878 g/mol. The Balaban J connectivity index is 0.000000315. The number of rotatable bonds is 11. The third-order valence-electron chi connectivity index (χ3n) is 10.7. The molecular weight excluding hydrogens is 821 g/mol. The Morgan fingerprint density at radius 3 is 0.969 bits per heavy atom. The van der Waals surface area contributed by atoms with Gasteiger partial charge in [-0.3, -0.25) is 14.4 Å². The predicted octanol–water partition coefficient (Wildman–Crippen LogP) is 13.3. The van der Waals surface area contributed by atoms with Gasteiger partial charge in [0, 0.05) is 69.8 Å². The second-order valence-corrected chi connectivity index (χ2v) is 16.6. The van der Waals surface area contributed by atoms with Crippen LogP contribution in [-0.2, 0) is 33.6 Å². The number of carbonyl (C=O) groups excluding carboxylic acids is 4. The zero-order valence-electron chi connectivity index (χ0n) is 39.4. The Morgan fingerprint density at radius 1 is 0.400 bits per heavy atom. The highest BCUT2D eigenvalue weighted by molar-refractivity contribution is 6.01. The maximum absolute atomic E-state index is 13.8. The number of allylic oxidation sites excluding steroid dienone is 6. The molecule has 338 valence electrons. The highest BCUT2D eigenvalue weighted by Gasteiger charge is 2.26. The number of phenolic OH excluding ortho intramolecular Hbond substituents is 1. The molecule has 0 aromatic heterocycles. The number of benzene rings is 6. The van der Waals surface area contributed by atoms with E-state index in [1.165, 1.54) is 26.3 Å². The SMILES string of the molecule is CC(=O)Oc1c(C)c(CC=C(C)C)c(O)c2ccccc12.CC(=O)Oc1c(C)c(CC=C(C)C)c(OC(=O)Oc2c(CC=C(C)C)c(C)c(OC(C)=O)c3ccccc23)c2ccccc12. The summed E-state index contributed by atoms with van der Waals surface area (Å²) in [5, 5.41) is 14.5. The molecule has 10 nitrogen and oxygen atoms in total. The van der Waals surface area contributed by atoms with Crippen LogP contribution in [0.1, 0.15) is 95.7 Å². The molecule has 0 fully saturated rings. The number of hydrogen-bond acceptors (Lipinski definition) is 10. The van der Waals surface area contributed by atoms with Crippen LogP contribution in [0.5, 0.6) is 34.5 Å². The van der Waals surface area contributed by atoms with Crippen molar-refractivity contribution in [1.82, 2.24) is 0 Å². The molecule has 10 heteroatoms. The van der Waals surface area contributed by atoms with Crippen molar-refractivity contribution in [3.8, 4) is 34.5 Å². The lowest BCUT2D eigenvalue weighted by Crippen LogP contribution is -2.18. The molecule has 0 heterocycles. The average molecular weight is 879 g/mol. The lowest BCUT2D eigenvalue weighted by atomic mass is 9.95. The number of aromatic hydroxyl groups is 1. The molecule has 65 heavy (non-hydrogen) atoms. The zero-order chi connectivity index (χ0) is 47.7. The van der Waals surface area contributed by atoms with Crippen LogP contribution in [0, 0.1) is 20.8 Å². The van der Waals surface area contributed by atoms with Crippen molar-refractivity contribution in [3.63, 3.8) is 0 Å². The lowest BCUT2D eigenvalue weighted by molar-refractivity contribution is -0.132. The summed E-state index contributed by atoms with van der Waals surface area (Å²) >= 11 is 0. The molecule has 1 N–H and O–H groups in total. The summed E-state index contributed by atoms with van der Waals surface area (Å²) in [6, 6.07) is 22.0. The van der Waals surface area contributed by atoms with Gasteiger partial charge in [-0.1, -0.05) is 108 Å². The first-order valence-corrected chi connectivity index (χ1v) is 21.5. The Bertz CT molecular complexity index is 2780. The van der Waals surface area contributed by atoms with Crippen LogP contribution in [0.3, 0.4) is 0 Å². The van der Waals surface area contributed by atoms with E-state index in [1.807, 2.05) is 153 Å². The van der Waals surface area contributed by atoms with Crippen molar-refractivity contribution < 1.29 is 48.0 Å². The second kappa shape index (κ2) is 21.5. The van der Waals surface area contributed by atoms with Crippen molar-refractivity contribution in [2.75, 3.05) is 0 Å². The van der Waals surface area contributed by atoms with E-state index < -0.39 is 18.1 Å². The van der Waals surface area contributed by atoms with Crippen LogP contribution in [-0.4, -0.2) is 29.2 Å². The summed E-state index contributed by atoms with van der Waals surface area (Å²) in [6.07, 6.45) is 6.68. The van der Waals surface area contributed by atoms with Gasteiger partial charge in [0.05, 0.1) is 0 Å². The lowest BCUT2D eigenvalue weighted by Gasteiger charge is -2.21. The maximum atomic E-state index is 13.8. The van der Waals surface area contributed by atoms with Gasteiger partial charge in [0.2, 0.25) is 0 Å².